The molecule has 0 aliphatic rings. The predicted octanol–water partition coefficient (Wildman–Crippen LogP) is -2.74. The van der Waals surface area contributed by atoms with Crippen molar-refractivity contribution in [2.75, 3.05) is 39.3 Å². The largest absolute Gasteiger partial charge is 0.361 e. The first-order valence-electron chi connectivity index (χ1n) is 4.18. The Morgan fingerprint density at radius 1 is 0.909 bits per heavy atom. The Hall–Kier alpha value is -0.0951. The van der Waals surface area contributed by atoms with E-state index in [4.69, 9.17) is 5.73 Å². The Kier molecular flexibility index (Phi) is 9.82. The van der Waals surface area contributed by atoms with Crippen molar-refractivity contribution in [2.24, 2.45) is 5.73 Å². The standard InChI is InChI=1S/C6H19BN4/c7-11-6-5-10-4-3-9-2-1-8/h9-11H,1-8H2. The van der Waals surface area contributed by atoms with E-state index < -0.39 is 0 Å². The Balaban J connectivity index is 2.69. The lowest BCUT2D eigenvalue weighted by atomic mass is 10.4. The molecule has 0 aromatic heterocycles. The maximum Gasteiger partial charge on any atom is 0.181 e. The lowest BCUT2D eigenvalue weighted by molar-refractivity contribution is 0.613. The SMILES string of the molecule is BNCCNCCNCCN. The highest BCUT2D eigenvalue weighted by atomic mass is 15.0. The van der Waals surface area contributed by atoms with Gasteiger partial charge in [0.2, 0.25) is 0 Å². The molecule has 66 valence electrons. The monoisotopic (exact) mass is 158 g/mol. The molecule has 0 aliphatic carbocycles. The summed E-state index contributed by atoms with van der Waals surface area (Å²) in [5.41, 5.74) is 5.30. The summed E-state index contributed by atoms with van der Waals surface area (Å²) in [6, 6.07) is 0. The average molecular weight is 158 g/mol. The van der Waals surface area contributed by atoms with Crippen LogP contribution in [0.5, 0.6) is 0 Å². The van der Waals surface area contributed by atoms with Crippen LogP contribution < -0.4 is 21.6 Å². The van der Waals surface area contributed by atoms with Gasteiger partial charge < -0.3 is 21.6 Å². The van der Waals surface area contributed by atoms with Crippen molar-refractivity contribution in [3.05, 3.63) is 0 Å². The van der Waals surface area contributed by atoms with E-state index >= 15 is 0 Å². The minimum absolute atomic E-state index is 0.719. The Bertz CT molecular complexity index is 63.6. The summed E-state index contributed by atoms with van der Waals surface area (Å²) >= 11 is 0. The second-order valence-corrected chi connectivity index (χ2v) is 2.39. The van der Waals surface area contributed by atoms with Gasteiger partial charge in [-0.05, 0) is 6.54 Å². The molecule has 0 saturated carbocycles. The highest BCUT2D eigenvalue weighted by Gasteiger charge is 1.85. The zero-order chi connectivity index (χ0) is 8.36. The summed E-state index contributed by atoms with van der Waals surface area (Å²) in [7, 11) is 1.95. The molecule has 0 saturated heterocycles. The Morgan fingerprint density at radius 3 is 2.00 bits per heavy atom. The number of hydrogen-bond donors (Lipinski definition) is 4. The Labute approximate surface area is 69.7 Å². The number of nitrogens with two attached hydrogens (primary N) is 1. The van der Waals surface area contributed by atoms with Gasteiger partial charge in [0.05, 0.1) is 0 Å². The van der Waals surface area contributed by atoms with Crippen molar-refractivity contribution in [2.45, 2.75) is 0 Å². The van der Waals surface area contributed by atoms with Crippen molar-refractivity contribution in [1.82, 2.24) is 15.9 Å². The van der Waals surface area contributed by atoms with E-state index in [1.165, 1.54) is 0 Å². The van der Waals surface area contributed by atoms with Gasteiger partial charge in [-0.2, -0.15) is 0 Å². The summed E-state index contributed by atoms with van der Waals surface area (Å²) in [6.07, 6.45) is 0. The maximum atomic E-state index is 5.30. The van der Waals surface area contributed by atoms with Gasteiger partial charge >= 0.3 is 0 Å². The fourth-order valence-electron chi connectivity index (χ4n) is 0.742. The molecule has 0 atom stereocenters. The lowest BCUT2D eigenvalue weighted by Gasteiger charge is -2.04. The van der Waals surface area contributed by atoms with Crippen molar-refractivity contribution < 1.29 is 0 Å². The molecule has 11 heavy (non-hydrogen) atoms. The number of rotatable bonds is 8. The van der Waals surface area contributed by atoms with Gasteiger partial charge in [-0.15, -0.1) is 0 Å². The van der Waals surface area contributed by atoms with Gasteiger partial charge in [0.1, 0.15) is 0 Å². The summed E-state index contributed by atoms with van der Waals surface area (Å²) in [6.45, 7) is 5.70. The Morgan fingerprint density at radius 2 is 1.45 bits per heavy atom. The van der Waals surface area contributed by atoms with Crippen LogP contribution in [-0.4, -0.2) is 47.2 Å². The molecule has 0 fully saturated rings. The molecule has 5 heteroatoms. The van der Waals surface area contributed by atoms with Crippen LogP contribution in [0.15, 0.2) is 0 Å². The van der Waals surface area contributed by atoms with E-state index in [0.29, 0.717) is 0 Å². The molecule has 0 heterocycles. The van der Waals surface area contributed by atoms with E-state index in [9.17, 15) is 0 Å². The van der Waals surface area contributed by atoms with Crippen LogP contribution in [0.4, 0.5) is 0 Å². The number of hydrogen-bond acceptors (Lipinski definition) is 4. The van der Waals surface area contributed by atoms with E-state index in [-0.39, 0.29) is 0 Å². The van der Waals surface area contributed by atoms with E-state index in [1.807, 2.05) is 7.98 Å². The van der Waals surface area contributed by atoms with Crippen LogP contribution in [0, 0.1) is 0 Å². The van der Waals surface area contributed by atoms with Gasteiger partial charge in [0.25, 0.3) is 0 Å². The number of nitrogens with one attached hydrogen (secondary N) is 3. The third kappa shape index (κ3) is 9.90. The summed E-state index contributed by atoms with van der Waals surface area (Å²) < 4.78 is 0. The van der Waals surface area contributed by atoms with Crippen LogP contribution in [-0.2, 0) is 0 Å². The third-order valence-corrected chi connectivity index (χ3v) is 1.35. The second kappa shape index (κ2) is 9.90. The summed E-state index contributed by atoms with van der Waals surface area (Å²) in [5, 5.41) is 9.55. The first-order valence-corrected chi connectivity index (χ1v) is 4.18. The molecule has 0 aliphatic heterocycles. The first kappa shape index (κ1) is 10.9. The molecule has 0 spiro atoms. The third-order valence-electron chi connectivity index (χ3n) is 1.35. The van der Waals surface area contributed by atoms with Crippen LogP contribution >= 0.6 is 0 Å². The van der Waals surface area contributed by atoms with Crippen molar-refractivity contribution in [3.63, 3.8) is 0 Å². The van der Waals surface area contributed by atoms with Gasteiger partial charge in [-0.3, -0.25) is 0 Å². The second-order valence-electron chi connectivity index (χ2n) is 2.39. The molecule has 0 bridgehead atoms. The fourth-order valence-corrected chi connectivity index (χ4v) is 0.742. The van der Waals surface area contributed by atoms with E-state index in [0.717, 1.165) is 39.3 Å². The normalized spacial score (nSPS) is 10.3. The van der Waals surface area contributed by atoms with E-state index in [1.54, 1.807) is 0 Å². The summed E-state index contributed by atoms with van der Waals surface area (Å²) in [4.78, 5) is 0. The van der Waals surface area contributed by atoms with Gasteiger partial charge in [-0.1, -0.05) is 0 Å². The molecular formula is C6H19BN4. The van der Waals surface area contributed by atoms with E-state index in [2.05, 4.69) is 15.9 Å². The predicted molar refractivity (Wildman–Crippen MR) is 51.3 cm³/mol. The molecule has 0 aromatic rings. The molecule has 0 radical (unpaired) electrons. The zero-order valence-electron chi connectivity index (χ0n) is 7.32. The van der Waals surface area contributed by atoms with Crippen LogP contribution in [0.3, 0.4) is 0 Å². The maximum absolute atomic E-state index is 5.30. The highest BCUT2D eigenvalue weighted by Crippen LogP contribution is 1.58. The molecule has 5 N–H and O–H groups in total. The average Bonchev–Trinajstić information content (AvgIpc) is 2.03. The van der Waals surface area contributed by atoms with Crippen LogP contribution in [0.1, 0.15) is 0 Å². The summed E-state index contributed by atoms with van der Waals surface area (Å²) in [5.74, 6) is 0. The molecule has 4 nitrogen and oxygen atoms in total. The minimum Gasteiger partial charge on any atom is -0.361 e. The van der Waals surface area contributed by atoms with Crippen molar-refractivity contribution >= 4 is 7.98 Å². The van der Waals surface area contributed by atoms with Gasteiger partial charge in [-0.25, -0.2) is 0 Å². The molecule has 0 rings (SSSR count). The quantitative estimate of drug-likeness (QED) is 0.228. The topological polar surface area (TPSA) is 62.1 Å². The molecule has 0 amide bonds. The van der Waals surface area contributed by atoms with Gasteiger partial charge in [0, 0.05) is 32.7 Å². The molecular weight excluding hydrogens is 139 g/mol. The van der Waals surface area contributed by atoms with Crippen LogP contribution in [0.2, 0.25) is 0 Å². The van der Waals surface area contributed by atoms with Crippen LogP contribution in [0.25, 0.3) is 0 Å². The highest BCUT2D eigenvalue weighted by molar-refractivity contribution is 6.04. The first-order chi connectivity index (χ1) is 5.41. The smallest absolute Gasteiger partial charge is 0.181 e. The van der Waals surface area contributed by atoms with Crippen molar-refractivity contribution in [1.29, 1.82) is 0 Å². The zero-order valence-corrected chi connectivity index (χ0v) is 7.32. The molecule has 0 unspecified atom stereocenters. The van der Waals surface area contributed by atoms with Crippen molar-refractivity contribution in [3.8, 4) is 0 Å². The lowest BCUT2D eigenvalue weighted by Crippen LogP contribution is -2.33. The minimum atomic E-state index is 0.719. The van der Waals surface area contributed by atoms with Gasteiger partial charge in [0.15, 0.2) is 7.98 Å². The molecule has 0 aromatic carbocycles. The fraction of sp³-hybridized carbons (Fsp3) is 1.00.